The number of thioether (sulfide) groups is 1. The number of nitrogens with zero attached hydrogens (tertiary/aromatic N) is 5. The number of nitrogens with one attached hydrogen (secondary N) is 2. The van der Waals surface area contributed by atoms with Crippen LogP contribution in [0.3, 0.4) is 0 Å². The fourth-order valence-electron chi connectivity index (χ4n) is 1.41. The van der Waals surface area contributed by atoms with Crippen LogP contribution in [0.5, 0.6) is 0 Å². The normalized spacial score (nSPS) is 11.4. The van der Waals surface area contributed by atoms with Crippen molar-refractivity contribution in [1.82, 2.24) is 24.5 Å². The molecule has 20 heavy (non-hydrogen) atoms. The van der Waals surface area contributed by atoms with E-state index in [-0.39, 0.29) is 4.75 Å². The molecule has 0 aliphatic rings. The Labute approximate surface area is 122 Å². The van der Waals surface area contributed by atoms with E-state index < -0.39 is 0 Å². The zero-order chi connectivity index (χ0) is 14.6. The molecule has 0 aliphatic carbocycles. The van der Waals surface area contributed by atoms with Crippen LogP contribution in [0.15, 0.2) is 18.7 Å². The summed E-state index contributed by atoms with van der Waals surface area (Å²) in [6.45, 7) is 5.11. The second-order valence-corrected chi connectivity index (χ2v) is 6.33. The average Bonchev–Trinajstić information content (AvgIpc) is 2.99. The highest BCUT2D eigenvalue weighted by atomic mass is 32.2. The van der Waals surface area contributed by atoms with Crippen molar-refractivity contribution in [1.29, 1.82) is 0 Å². The number of anilines is 2. The molecule has 2 aromatic rings. The van der Waals surface area contributed by atoms with Gasteiger partial charge in [0, 0.05) is 30.7 Å². The Morgan fingerprint density at radius 2 is 2.00 bits per heavy atom. The first-order valence-electron chi connectivity index (χ1n) is 6.25. The molecular weight excluding hydrogens is 274 g/mol. The first-order chi connectivity index (χ1) is 9.54. The first-order valence-corrected chi connectivity index (χ1v) is 7.48. The Morgan fingerprint density at radius 3 is 2.60 bits per heavy atom. The Morgan fingerprint density at radius 1 is 1.25 bits per heavy atom. The summed E-state index contributed by atoms with van der Waals surface area (Å²) in [4.78, 5) is 17.0. The number of aromatic nitrogens is 5. The van der Waals surface area contributed by atoms with Crippen molar-refractivity contribution in [3.8, 4) is 5.95 Å². The molecular formula is C12H19N7S. The molecule has 0 aromatic carbocycles. The van der Waals surface area contributed by atoms with Crippen LogP contribution in [0.2, 0.25) is 0 Å². The van der Waals surface area contributed by atoms with E-state index in [0.717, 1.165) is 6.54 Å². The topological polar surface area (TPSA) is 80.5 Å². The van der Waals surface area contributed by atoms with Crippen molar-refractivity contribution in [2.24, 2.45) is 0 Å². The Kier molecular flexibility index (Phi) is 4.43. The van der Waals surface area contributed by atoms with Crippen molar-refractivity contribution in [2.45, 2.75) is 18.6 Å². The van der Waals surface area contributed by atoms with E-state index in [1.165, 1.54) is 0 Å². The van der Waals surface area contributed by atoms with Crippen LogP contribution >= 0.6 is 11.8 Å². The summed E-state index contributed by atoms with van der Waals surface area (Å²) in [7, 11) is 1.78. The molecule has 8 heteroatoms. The summed E-state index contributed by atoms with van der Waals surface area (Å²) in [6, 6.07) is 0. The minimum Gasteiger partial charge on any atom is -0.357 e. The van der Waals surface area contributed by atoms with Gasteiger partial charge in [0.15, 0.2) is 0 Å². The van der Waals surface area contributed by atoms with Gasteiger partial charge in [0.1, 0.15) is 6.33 Å². The van der Waals surface area contributed by atoms with Crippen LogP contribution in [-0.2, 0) is 0 Å². The summed E-state index contributed by atoms with van der Waals surface area (Å²) in [5.41, 5.74) is 0. The van der Waals surface area contributed by atoms with E-state index in [2.05, 4.69) is 50.7 Å². The van der Waals surface area contributed by atoms with Crippen molar-refractivity contribution in [3.05, 3.63) is 18.7 Å². The number of rotatable bonds is 6. The average molecular weight is 293 g/mol. The zero-order valence-electron chi connectivity index (χ0n) is 12.1. The maximum absolute atomic E-state index is 4.40. The Balaban J connectivity index is 2.23. The van der Waals surface area contributed by atoms with Crippen molar-refractivity contribution in [2.75, 3.05) is 30.5 Å². The van der Waals surface area contributed by atoms with Gasteiger partial charge in [-0.25, -0.2) is 4.98 Å². The van der Waals surface area contributed by atoms with Gasteiger partial charge in [-0.05, 0) is 20.1 Å². The van der Waals surface area contributed by atoms with E-state index in [0.29, 0.717) is 17.8 Å². The van der Waals surface area contributed by atoms with Gasteiger partial charge < -0.3 is 10.6 Å². The lowest BCUT2D eigenvalue weighted by Gasteiger charge is -2.22. The summed E-state index contributed by atoms with van der Waals surface area (Å²) in [6.07, 6.45) is 7.23. The summed E-state index contributed by atoms with van der Waals surface area (Å²) >= 11 is 1.79. The van der Waals surface area contributed by atoms with Crippen LogP contribution in [0.4, 0.5) is 11.9 Å². The van der Waals surface area contributed by atoms with Gasteiger partial charge in [0.25, 0.3) is 0 Å². The molecule has 108 valence electrons. The molecule has 2 N–H and O–H groups in total. The smallest absolute Gasteiger partial charge is 0.241 e. The van der Waals surface area contributed by atoms with Crippen LogP contribution in [0.25, 0.3) is 5.95 Å². The molecule has 0 saturated heterocycles. The molecule has 0 atom stereocenters. The van der Waals surface area contributed by atoms with Crippen LogP contribution in [-0.4, -0.2) is 49.1 Å². The second kappa shape index (κ2) is 6.08. The van der Waals surface area contributed by atoms with E-state index in [4.69, 9.17) is 0 Å². The SMILES string of the molecule is CNc1nc(NCC(C)(C)SC)nc(-n2ccnc2)n1. The second-order valence-electron chi connectivity index (χ2n) is 4.82. The van der Waals surface area contributed by atoms with E-state index in [1.807, 2.05) is 0 Å². The zero-order valence-corrected chi connectivity index (χ0v) is 12.9. The quantitative estimate of drug-likeness (QED) is 0.838. The van der Waals surface area contributed by atoms with E-state index in [1.54, 1.807) is 42.1 Å². The fourth-order valence-corrected chi connectivity index (χ4v) is 1.63. The highest BCUT2D eigenvalue weighted by molar-refractivity contribution is 7.99. The molecule has 7 nitrogen and oxygen atoms in total. The minimum atomic E-state index is 0.113. The maximum Gasteiger partial charge on any atom is 0.241 e. The summed E-state index contributed by atoms with van der Waals surface area (Å²) in [5.74, 6) is 1.61. The lowest BCUT2D eigenvalue weighted by molar-refractivity contribution is 0.744. The Hall–Kier alpha value is -1.83. The monoisotopic (exact) mass is 293 g/mol. The van der Waals surface area contributed by atoms with Gasteiger partial charge in [0.05, 0.1) is 0 Å². The third kappa shape index (κ3) is 3.60. The summed E-state index contributed by atoms with van der Waals surface area (Å²) < 4.78 is 1.86. The maximum atomic E-state index is 4.40. The van der Waals surface area contributed by atoms with Gasteiger partial charge >= 0.3 is 0 Å². The summed E-state index contributed by atoms with van der Waals surface area (Å²) in [5, 5.41) is 6.20. The highest BCUT2D eigenvalue weighted by Gasteiger charge is 2.16. The molecule has 0 bridgehead atoms. The molecule has 2 rings (SSSR count). The largest absolute Gasteiger partial charge is 0.357 e. The van der Waals surface area contributed by atoms with Crippen molar-refractivity contribution in [3.63, 3.8) is 0 Å². The first kappa shape index (κ1) is 14.6. The molecule has 0 aliphatic heterocycles. The van der Waals surface area contributed by atoms with Gasteiger partial charge in [-0.2, -0.15) is 26.7 Å². The number of imidazole rings is 1. The highest BCUT2D eigenvalue weighted by Crippen LogP contribution is 2.21. The molecule has 2 aromatic heterocycles. The van der Waals surface area contributed by atoms with Crippen molar-refractivity contribution < 1.29 is 0 Å². The van der Waals surface area contributed by atoms with Gasteiger partial charge in [-0.1, -0.05) is 0 Å². The number of hydrogen-bond acceptors (Lipinski definition) is 7. The van der Waals surface area contributed by atoms with Crippen molar-refractivity contribution >= 4 is 23.7 Å². The molecule has 0 amide bonds. The van der Waals surface area contributed by atoms with Gasteiger partial charge in [0.2, 0.25) is 17.8 Å². The third-order valence-corrected chi connectivity index (χ3v) is 4.06. The van der Waals surface area contributed by atoms with Crippen LogP contribution in [0, 0.1) is 0 Å². The predicted octanol–water partition coefficient (Wildman–Crippen LogP) is 1.65. The third-order valence-electron chi connectivity index (χ3n) is 2.81. The lowest BCUT2D eigenvalue weighted by atomic mass is 10.2. The fraction of sp³-hybridized carbons (Fsp3) is 0.500. The van der Waals surface area contributed by atoms with Crippen LogP contribution < -0.4 is 10.6 Å². The van der Waals surface area contributed by atoms with Crippen LogP contribution in [0.1, 0.15) is 13.8 Å². The number of hydrogen-bond donors (Lipinski definition) is 2. The molecule has 0 spiro atoms. The molecule has 2 heterocycles. The Bertz CT molecular complexity index is 553. The molecule has 0 radical (unpaired) electrons. The molecule has 0 saturated carbocycles. The predicted molar refractivity (Wildman–Crippen MR) is 82.6 cm³/mol. The lowest BCUT2D eigenvalue weighted by Crippen LogP contribution is -2.27. The van der Waals surface area contributed by atoms with Gasteiger partial charge in [-0.3, -0.25) is 4.57 Å². The van der Waals surface area contributed by atoms with E-state index >= 15 is 0 Å². The molecule has 0 unspecified atom stereocenters. The van der Waals surface area contributed by atoms with Gasteiger partial charge in [-0.15, -0.1) is 0 Å². The molecule has 0 fully saturated rings. The standard InChI is InChI=1S/C12H19N7S/c1-12(2,20-4)7-15-10-16-9(13-3)17-11(18-10)19-6-5-14-8-19/h5-6,8H,7H2,1-4H3,(H2,13,15,16,17,18). The van der Waals surface area contributed by atoms with E-state index in [9.17, 15) is 0 Å². The minimum absolute atomic E-state index is 0.113.